The average molecular weight is 292 g/mol. The van der Waals surface area contributed by atoms with E-state index in [0.29, 0.717) is 18.5 Å². The van der Waals surface area contributed by atoms with Crippen molar-refractivity contribution in [3.05, 3.63) is 29.3 Å². The fraction of sp³-hybridized carbons (Fsp3) is 0.500. The van der Waals surface area contributed by atoms with Crippen LogP contribution in [0.15, 0.2) is 18.2 Å². The van der Waals surface area contributed by atoms with Crippen LogP contribution in [0, 0.1) is 0 Å². The van der Waals surface area contributed by atoms with E-state index in [0.717, 1.165) is 36.9 Å². The molecule has 1 unspecified atom stereocenters. The number of Topliss-reactive ketones (excluding diaryl/α,β-unsaturated/α-hetero) is 1. The molecule has 2 aliphatic rings. The first-order valence-corrected chi connectivity index (χ1v) is 7.65. The maximum absolute atomic E-state index is 12.7. The molecular formula is C16H18ClNO2. The number of hydrogen-bond donors (Lipinski definition) is 0. The van der Waals surface area contributed by atoms with Gasteiger partial charge in [-0.3, -0.25) is 9.59 Å². The maximum atomic E-state index is 12.7. The molecule has 4 heteroatoms. The highest BCUT2D eigenvalue weighted by molar-refractivity contribution is 6.52. The number of carbonyl (C=O) groups is 2. The molecule has 106 valence electrons. The Labute approximate surface area is 123 Å². The van der Waals surface area contributed by atoms with Crippen molar-refractivity contribution >= 4 is 29.0 Å². The first-order valence-electron chi connectivity index (χ1n) is 7.27. The van der Waals surface area contributed by atoms with Crippen molar-refractivity contribution in [3.8, 4) is 0 Å². The standard InChI is InChI=1S/C16H18ClNO2/c1-2-3-9-16(17)14(19)12-8-4-6-11-7-5-10-18(13(11)12)15(16)20/h4,6,8H,2-3,5,7,9-10H2,1H3. The summed E-state index contributed by atoms with van der Waals surface area (Å²) in [6.45, 7) is 2.70. The summed E-state index contributed by atoms with van der Waals surface area (Å²) in [6, 6.07) is 5.69. The number of rotatable bonds is 3. The quantitative estimate of drug-likeness (QED) is 0.633. The molecule has 0 bridgehead atoms. The second-order valence-corrected chi connectivity index (χ2v) is 6.25. The highest BCUT2D eigenvalue weighted by atomic mass is 35.5. The minimum absolute atomic E-state index is 0.215. The lowest BCUT2D eigenvalue weighted by Gasteiger charge is -2.41. The van der Waals surface area contributed by atoms with Gasteiger partial charge in [0.05, 0.1) is 5.69 Å². The molecule has 20 heavy (non-hydrogen) atoms. The molecule has 2 aliphatic heterocycles. The molecule has 0 N–H and O–H groups in total. The normalized spacial score (nSPS) is 24.8. The number of aryl methyl sites for hydroxylation is 1. The van der Waals surface area contributed by atoms with Gasteiger partial charge in [0.15, 0.2) is 10.7 Å². The van der Waals surface area contributed by atoms with Gasteiger partial charge in [0.1, 0.15) is 0 Å². The Morgan fingerprint density at radius 2 is 2.15 bits per heavy atom. The van der Waals surface area contributed by atoms with Gasteiger partial charge in [-0.15, -0.1) is 0 Å². The third-order valence-corrected chi connectivity index (χ3v) is 4.80. The van der Waals surface area contributed by atoms with E-state index in [4.69, 9.17) is 11.6 Å². The van der Waals surface area contributed by atoms with Crippen LogP contribution in [0.25, 0.3) is 0 Å². The van der Waals surface area contributed by atoms with Gasteiger partial charge in [-0.25, -0.2) is 0 Å². The largest absolute Gasteiger partial charge is 0.309 e. The number of amides is 1. The molecule has 0 aliphatic carbocycles. The van der Waals surface area contributed by atoms with Crippen molar-refractivity contribution < 1.29 is 9.59 Å². The Hall–Kier alpha value is -1.35. The highest BCUT2D eigenvalue weighted by Gasteiger charge is 2.52. The van der Waals surface area contributed by atoms with Crippen LogP contribution in [-0.4, -0.2) is 23.1 Å². The van der Waals surface area contributed by atoms with Gasteiger partial charge in [0.2, 0.25) is 0 Å². The molecule has 0 spiro atoms. The summed E-state index contributed by atoms with van der Waals surface area (Å²) in [5.74, 6) is -0.440. The molecule has 0 saturated heterocycles. The van der Waals surface area contributed by atoms with Crippen LogP contribution in [0.2, 0.25) is 0 Å². The van der Waals surface area contributed by atoms with Gasteiger partial charge in [-0.05, 0) is 30.9 Å². The zero-order chi connectivity index (χ0) is 14.3. The number of anilines is 1. The Morgan fingerprint density at radius 1 is 1.35 bits per heavy atom. The SMILES string of the molecule is CCCCC1(Cl)C(=O)c2cccc3c2N(CCC3)C1=O. The van der Waals surface area contributed by atoms with Crippen molar-refractivity contribution in [1.29, 1.82) is 0 Å². The summed E-state index contributed by atoms with van der Waals surface area (Å²) in [4.78, 5) is 25.8. The minimum atomic E-state index is -1.39. The van der Waals surface area contributed by atoms with E-state index < -0.39 is 4.87 Å². The third-order valence-electron chi connectivity index (χ3n) is 4.28. The maximum Gasteiger partial charge on any atom is 0.256 e. The number of unbranched alkanes of at least 4 members (excludes halogenated alkanes) is 1. The van der Waals surface area contributed by atoms with Gasteiger partial charge in [0.25, 0.3) is 5.91 Å². The number of benzene rings is 1. The van der Waals surface area contributed by atoms with Gasteiger partial charge in [0, 0.05) is 12.1 Å². The van der Waals surface area contributed by atoms with Gasteiger partial charge >= 0.3 is 0 Å². The predicted molar refractivity (Wildman–Crippen MR) is 79.6 cm³/mol. The zero-order valence-electron chi connectivity index (χ0n) is 11.6. The van der Waals surface area contributed by atoms with Crippen molar-refractivity contribution in [1.82, 2.24) is 0 Å². The van der Waals surface area contributed by atoms with E-state index in [2.05, 4.69) is 0 Å². The van der Waals surface area contributed by atoms with Crippen LogP contribution in [0.1, 0.15) is 48.5 Å². The van der Waals surface area contributed by atoms with Crippen molar-refractivity contribution in [3.63, 3.8) is 0 Å². The molecule has 3 rings (SSSR count). The summed E-state index contributed by atoms with van der Waals surface area (Å²) in [7, 11) is 0. The van der Waals surface area contributed by atoms with Crippen molar-refractivity contribution in [2.45, 2.75) is 43.9 Å². The number of carbonyl (C=O) groups excluding carboxylic acids is 2. The second kappa shape index (κ2) is 4.88. The van der Waals surface area contributed by atoms with Crippen molar-refractivity contribution in [2.24, 2.45) is 0 Å². The molecule has 1 atom stereocenters. The molecule has 1 amide bonds. The molecule has 1 aromatic rings. The molecule has 2 heterocycles. The van der Waals surface area contributed by atoms with Crippen LogP contribution in [0.5, 0.6) is 0 Å². The summed E-state index contributed by atoms with van der Waals surface area (Å²) >= 11 is 6.49. The second-order valence-electron chi connectivity index (χ2n) is 5.61. The molecule has 0 saturated carbocycles. The predicted octanol–water partition coefficient (Wildman–Crippen LogP) is 3.33. The van der Waals surface area contributed by atoms with Crippen LogP contribution >= 0.6 is 11.6 Å². The minimum Gasteiger partial charge on any atom is -0.309 e. The van der Waals surface area contributed by atoms with E-state index in [1.807, 2.05) is 19.1 Å². The van der Waals surface area contributed by atoms with Gasteiger partial charge in [-0.1, -0.05) is 43.5 Å². The molecule has 0 fully saturated rings. The van der Waals surface area contributed by atoms with Crippen molar-refractivity contribution in [2.75, 3.05) is 11.4 Å². The fourth-order valence-corrected chi connectivity index (χ4v) is 3.54. The Balaban J connectivity index is 2.13. The van der Waals surface area contributed by atoms with Crippen LogP contribution in [0.3, 0.4) is 0 Å². The Morgan fingerprint density at radius 3 is 2.90 bits per heavy atom. The fourth-order valence-electron chi connectivity index (χ4n) is 3.20. The van der Waals surface area contributed by atoms with E-state index in [1.54, 1.807) is 11.0 Å². The van der Waals surface area contributed by atoms with E-state index in [-0.39, 0.29) is 11.7 Å². The van der Waals surface area contributed by atoms with Crippen LogP contribution < -0.4 is 4.90 Å². The topological polar surface area (TPSA) is 37.4 Å². The number of alkyl halides is 1. The lowest BCUT2D eigenvalue weighted by Crippen LogP contribution is -2.56. The Bertz CT molecular complexity index is 584. The molecule has 0 radical (unpaired) electrons. The summed E-state index contributed by atoms with van der Waals surface area (Å²) in [5, 5.41) is 0. The van der Waals surface area contributed by atoms with E-state index in [9.17, 15) is 9.59 Å². The lowest BCUT2D eigenvalue weighted by atomic mass is 9.82. The monoisotopic (exact) mass is 291 g/mol. The number of hydrogen-bond acceptors (Lipinski definition) is 2. The summed E-state index contributed by atoms with van der Waals surface area (Å²) in [5.41, 5.74) is 2.51. The highest BCUT2D eigenvalue weighted by Crippen LogP contribution is 2.42. The van der Waals surface area contributed by atoms with Crippen LogP contribution in [0.4, 0.5) is 5.69 Å². The smallest absolute Gasteiger partial charge is 0.256 e. The molecule has 1 aromatic carbocycles. The van der Waals surface area contributed by atoms with Gasteiger partial charge < -0.3 is 4.90 Å². The summed E-state index contributed by atoms with van der Waals surface area (Å²) in [6.07, 6.45) is 3.97. The average Bonchev–Trinajstić information content (AvgIpc) is 2.48. The number of halogens is 1. The van der Waals surface area contributed by atoms with Gasteiger partial charge in [-0.2, -0.15) is 0 Å². The number of para-hydroxylation sites is 1. The van der Waals surface area contributed by atoms with E-state index >= 15 is 0 Å². The number of nitrogens with zero attached hydrogens (tertiary/aromatic N) is 1. The first kappa shape index (κ1) is 13.6. The van der Waals surface area contributed by atoms with Crippen LogP contribution in [-0.2, 0) is 11.2 Å². The summed E-state index contributed by atoms with van der Waals surface area (Å²) < 4.78 is 0. The first-order chi connectivity index (χ1) is 9.59. The third kappa shape index (κ3) is 1.80. The zero-order valence-corrected chi connectivity index (χ0v) is 12.4. The lowest BCUT2D eigenvalue weighted by molar-refractivity contribution is -0.120. The van der Waals surface area contributed by atoms with E-state index in [1.165, 1.54) is 0 Å². The molecular weight excluding hydrogens is 274 g/mol. The Kier molecular flexibility index (Phi) is 3.33. The molecule has 3 nitrogen and oxygen atoms in total. The molecule has 0 aromatic heterocycles. The number of ketones is 1.